The van der Waals surface area contributed by atoms with Crippen molar-refractivity contribution in [2.45, 2.75) is 19.1 Å². The van der Waals surface area contributed by atoms with E-state index in [0.29, 0.717) is 13.1 Å². The largest absolute Gasteiger partial charge is 0.331 e. The Balaban J connectivity index is 1.84. The van der Waals surface area contributed by atoms with Gasteiger partial charge in [0.2, 0.25) is 5.91 Å². The van der Waals surface area contributed by atoms with Gasteiger partial charge in [0.15, 0.2) is 0 Å². The fourth-order valence-corrected chi connectivity index (χ4v) is 2.73. The molecule has 0 aliphatic carbocycles. The number of nitrogens with zero attached hydrogens (tertiary/aromatic N) is 4. The van der Waals surface area contributed by atoms with Crippen LogP contribution in [0.15, 0.2) is 42.9 Å². The molecule has 1 amide bonds. The van der Waals surface area contributed by atoms with Gasteiger partial charge in [0.25, 0.3) is 0 Å². The molecule has 1 aliphatic heterocycles. The molecule has 0 bridgehead atoms. The first-order chi connectivity index (χ1) is 10.2. The van der Waals surface area contributed by atoms with Crippen molar-refractivity contribution < 1.29 is 4.79 Å². The average Bonchev–Trinajstić information content (AvgIpc) is 2.92. The van der Waals surface area contributed by atoms with Gasteiger partial charge < -0.3 is 4.90 Å². The number of hydrogen-bond acceptors (Lipinski definition) is 4. The number of rotatable bonds is 3. The molecule has 1 aromatic heterocycles. The summed E-state index contributed by atoms with van der Waals surface area (Å²) in [5.41, 5.74) is 3.00. The molecule has 1 aliphatic rings. The lowest BCUT2D eigenvalue weighted by Crippen LogP contribution is -2.37. The lowest BCUT2D eigenvalue weighted by atomic mass is 10.0. The molecule has 0 saturated heterocycles. The van der Waals surface area contributed by atoms with Gasteiger partial charge >= 0.3 is 0 Å². The number of likely N-dealkylation sites (N-methyl/N-ethyl adjacent to an activating group) is 1. The van der Waals surface area contributed by atoms with Gasteiger partial charge in [-0.1, -0.05) is 30.3 Å². The van der Waals surface area contributed by atoms with E-state index in [1.165, 1.54) is 6.33 Å². The first-order valence-corrected chi connectivity index (χ1v) is 6.94. The summed E-state index contributed by atoms with van der Waals surface area (Å²) in [5, 5.41) is 0. The third-order valence-electron chi connectivity index (χ3n) is 3.76. The van der Waals surface area contributed by atoms with Crippen LogP contribution in [-0.2, 0) is 17.9 Å². The Morgan fingerprint density at radius 3 is 2.67 bits per heavy atom. The molecule has 5 heteroatoms. The van der Waals surface area contributed by atoms with Crippen LogP contribution >= 0.6 is 0 Å². The summed E-state index contributed by atoms with van der Waals surface area (Å²) in [7, 11) is 3.86. The summed E-state index contributed by atoms with van der Waals surface area (Å²) in [6.07, 6.45) is 3.33. The van der Waals surface area contributed by atoms with Crippen molar-refractivity contribution in [1.82, 2.24) is 19.8 Å². The maximum atomic E-state index is 12.9. The van der Waals surface area contributed by atoms with Crippen molar-refractivity contribution in [3.05, 3.63) is 59.7 Å². The Hall–Kier alpha value is -2.27. The fraction of sp³-hybridized carbons (Fsp3) is 0.312. The van der Waals surface area contributed by atoms with Crippen LogP contribution in [0.1, 0.15) is 22.9 Å². The molecule has 0 N–H and O–H groups in total. The van der Waals surface area contributed by atoms with Crippen molar-refractivity contribution in [2.24, 2.45) is 0 Å². The molecule has 0 fully saturated rings. The Morgan fingerprint density at radius 1 is 1.24 bits per heavy atom. The van der Waals surface area contributed by atoms with Gasteiger partial charge in [0.05, 0.1) is 12.2 Å². The lowest BCUT2D eigenvalue weighted by molar-refractivity contribution is -0.137. The summed E-state index contributed by atoms with van der Waals surface area (Å²) < 4.78 is 0. The Morgan fingerprint density at radius 2 is 2.00 bits per heavy atom. The van der Waals surface area contributed by atoms with Crippen molar-refractivity contribution in [3.63, 3.8) is 0 Å². The van der Waals surface area contributed by atoms with Crippen LogP contribution in [0.5, 0.6) is 0 Å². The number of benzene rings is 1. The molecular weight excluding hydrogens is 264 g/mol. The zero-order valence-corrected chi connectivity index (χ0v) is 12.2. The van der Waals surface area contributed by atoms with E-state index >= 15 is 0 Å². The Labute approximate surface area is 124 Å². The number of amides is 1. The van der Waals surface area contributed by atoms with Crippen LogP contribution in [0.3, 0.4) is 0 Å². The Kier molecular flexibility index (Phi) is 3.66. The van der Waals surface area contributed by atoms with Gasteiger partial charge in [-0.2, -0.15) is 0 Å². The minimum Gasteiger partial charge on any atom is -0.331 e. The first kappa shape index (κ1) is 13.7. The minimum atomic E-state index is -0.270. The van der Waals surface area contributed by atoms with E-state index < -0.39 is 0 Å². The molecule has 21 heavy (non-hydrogen) atoms. The van der Waals surface area contributed by atoms with E-state index in [1.807, 2.05) is 54.2 Å². The number of fused-ring (bicyclic) bond motifs is 1. The van der Waals surface area contributed by atoms with Crippen molar-refractivity contribution >= 4 is 5.91 Å². The van der Waals surface area contributed by atoms with Gasteiger partial charge in [-0.15, -0.1) is 0 Å². The second-order valence-electron chi connectivity index (χ2n) is 5.47. The van der Waals surface area contributed by atoms with Crippen molar-refractivity contribution in [3.8, 4) is 0 Å². The van der Waals surface area contributed by atoms with Gasteiger partial charge in [-0.05, 0) is 19.7 Å². The Bertz CT molecular complexity index is 617. The highest BCUT2D eigenvalue weighted by Crippen LogP contribution is 2.26. The average molecular weight is 282 g/mol. The van der Waals surface area contributed by atoms with E-state index in [9.17, 15) is 4.79 Å². The molecule has 0 saturated carbocycles. The highest BCUT2D eigenvalue weighted by molar-refractivity contribution is 5.83. The molecular formula is C16H18N4O. The SMILES string of the molecule is CN(C)C(C(=O)N1Cc2cncnc2C1)c1ccccc1. The third kappa shape index (κ3) is 2.64. The van der Waals surface area contributed by atoms with Crippen molar-refractivity contribution in [1.29, 1.82) is 0 Å². The number of aromatic nitrogens is 2. The molecule has 108 valence electrons. The summed E-state index contributed by atoms with van der Waals surface area (Å²) >= 11 is 0. The van der Waals surface area contributed by atoms with Gasteiger partial charge in [-0.25, -0.2) is 9.97 Å². The van der Waals surface area contributed by atoms with Crippen LogP contribution in [-0.4, -0.2) is 39.8 Å². The van der Waals surface area contributed by atoms with Crippen molar-refractivity contribution in [2.75, 3.05) is 14.1 Å². The van der Waals surface area contributed by atoms with E-state index in [1.54, 1.807) is 6.20 Å². The molecule has 1 aromatic carbocycles. The topological polar surface area (TPSA) is 49.3 Å². The number of hydrogen-bond donors (Lipinski definition) is 0. The standard InChI is InChI=1S/C16H18N4O/c1-19(2)15(12-6-4-3-5-7-12)16(21)20-9-13-8-17-11-18-14(13)10-20/h3-8,11,15H,9-10H2,1-2H3. The predicted molar refractivity (Wildman–Crippen MR) is 79.2 cm³/mol. The third-order valence-corrected chi connectivity index (χ3v) is 3.76. The molecule has 0 radical (unpaired) electrons. The van der Waals surface area contributed by atoms with Crippen LogP contribution in [0.25, 0.3) is 0 Å². The molecule has 2 aromatic rings. The molecule has 3 rings (SSSR count). The smallest absolute Gasteiger partial charge is 0.245 e. The minimum absolute atomic E-state index is 0.101. The van der Waals surface area contributed by atoms with Gasteiger partial charge in [0, 0.05) is 18.3 Å². The molecule has 1 atom stereocenters. The normalized spacial score (nSPS) is 15.1. The predicted octanol–water partition coefficient (Wildman–Crippen LogP) is 1.62. The fourth-order valence-electron chi connectivity index (χ4n) is 2.73. The van der Waals surface area contributed by atoms with E-state index in [-0.39, 0.29) is 11.9 Å². The van der Waals surface area contributed by atoms with E-state index in [2.05, 4.69) is 9.97 Å². The van der Waals surface area contributed by atoms with Crippen LogP contribution in [0.2, 0.25) is 0 Å². The van der Waals surface area contributed by atoms with E-state index in [0.717, 1.165) is 16.8 Å². The second kappa shape index (κ2) is 5.61. The van der Waals surface area contributed by atoms with Gasteiger partial charge in [0.1, 0.15) is 12.4 Å². The number of carbonyl (C=O) groups excluding carboxylic acids is 1. The number of carbonyl (C=O) groups is 1. The zero-order valence-electron chi connectivity index (χ0n) is 12.2. The van der Waals surface area contributed by atoms with Gasteiger partial charge in [-0.3, -0.25) is 9.69 Å². The quantitative estimate of drug-likeness (QED) is 0.858. The monoisotopic (exact) mass is 282 g/mol. The first-order valence-electron chi connectivity index (χ1n) is 6.94. The van der Waals surface area contributed by atoms with E-state index in [4.69, 9.17) is 0 Å². The molecule has 5 nitrogen and oxygen atoms in total. The summed E-state index contributed by atoms with van der Waals surface area (Å²) in [5.74, 6) is 0.101. The lowest BCUT2D eigenvalue weighted by Gasteiger charge is -2.28. The highest BCUT2D eigenvalue weighted by atomic mass is 16.2. The maximum absolute atomic E-state index is 12.9. The molecule has 1 unspecified atom stereocenters. The maximum Gasteiger partial charge on any atom is 0.245 e. The second-order valence-corrected chi connectivity index (χ2v) is 5.47. The highest BCUT2D eigenvalue weighted by Gasteiger charge is 2.31. The van der Waals surface area contributed by atoms with Crippen LogP contribution < -0.4 is 0 Å². The summed E-state index contributed by atoms with van der Waals surface area (Å²) in [4.78, 5) is 25.0. The summed E-state index contributed by atoms with van der Waals surface area (Å²) in [6, 6.07) is 9.60. The zero-order chi connectivity index (χ0) is 14.8. The summed E-state index contributed by atoms with van der Waals surface area (Å²) in [6.45, 7) is 1.15. The molecule has 2 heterocycles. The van der Waals surface area contributed by atoms with Crippen LogP contribution in [0.4, 0.5) is 0 Å². The van der Waals surface area contributed by atoms with Crippen LogP contribution in [0, 0.1) is 0 Å². The molecule has 0 spiro atoms.